The first-order valence-corrected chi connectivity index (χ1v) is 11.7. The molecular formula is C22H22N2O3S2. The van der Waals surface area contributed by atoms with Crippen LogP contribution in [-0.4, -0.2) is 27.4 Å². The van der Waals surface area contributed by atoms with Gasteiger partial charge in [0.05, 0.1) is 17.7 Å². The third kappa shape index (κ3) is 3.30. The number of aromatic nitrogens is 2. The van der Waals surface area contributed by atoms with Crippen molar-refractivity contribution in [3.05, 3.63) is 50.1 Å². The van der Waals surface area contributed by atoms with E-state index in [2.05, 4.69) is 6.07 Å². The molecule has 5 nitrogen and oxygen atoms in total. The number of nitrogens with zero attached hydrogens (tertiary/aromatic N) is 2. The quantitative estimate of drug-likeness (QED) is 0.460. The predicted molar refractivity (Wildman–Crippen MR) is 117 cm³/mol. The van der Waals surface area contributed by atoms with Crippen LogP contribution in [0, 0.1) is 13.8 Å². The number of thioether (sulfide) groups is 1. The van der Waals surface area contributed by atoms with E-state index in [-0.39, 0.29) is 16.8 Å². The van der Waals surface area contributed by atoms with Crippen molar-refractivity contribution in [2.24, 2.45) is 0 Å². The molecule has 0 bridgehead atoms. The molecule has 29 heavy (non-hydrogen) atoms. The molecule has 7 heteroatoms. The van der Waals surface area contributed by atoms with Gasteiger partial charge >= 0.3 is 5.97 Å². The molecule has 150 valence electrons. The van der Waals surface area contributed by atoms with Crippen LogP contribution in [0.3, 0.4) is 0 Å². The summed E-state index contributed by atoms with van der Waals surface area (Å²) in [6.45, 7) is 4.49. The van der Waals surface area contributed by atoms with Gasteiger partial charge in [-0.3, -0.25) is 14.2 Å². The van der Waals surface area contributed by atoms with Crippen LogP contribution in [-0.2, 0) is 22.4 Å². The van der Waals surface area contributed by atoms with E-state index < -0.39 is 0 Å². The van der Waals surface area contributed by atoms with Gasteiger partial charge in [-0.15, -0.1) is 11.3 Å². The molecule has 2 aliphatic rings. The lowest BCUT2D eigenvalue weighted by atomic mass is 9.97. The number of hydrogen-bond donors (Lipinski definition) is 0. The van der Waals surface area contributed by atoms with Crippen molar-refractivity contribution in [3.8, 4) is 5.69 Å². The summed E-state index contributed by atoms with van der Waals surface area (Å²) in [5, 5.41) is 1.03. The Morgan fingerprint density at radius 3 is 2.62 bits per heavy atom. The number of aryl methyl sites for hydroxylation is 4. The van der Waals surface area contributed by atoms with Gasteiger partial charge in [0.15, 0.2) is 5.16 Å². The van der Waals surface area contributed by atoms with Gasteiger partial charge in [-0.1, -0.05) is 17.8 Å². The van der Waals surface area contributed by atoms with E-state index >= 15 is 0 Å². The fraction of sp³-hybridized carbons (Fsp3) is 0.409. The Balaban J connectivity index is 1.76. The molecular weight excluding hydrogens is 404 g/mol. The van der Waals surface area contributed by atoms with E-state index in [0.29, 0.717) is 18.2 Å². The average Bonchev–Trinajstić information content (AvgIpc) is 3.24. The second-order valence-electron chi connectivity index (χ2n) is 7.83. The van der Waals surface area contributed by atoms with Crippen LogP contribution in [0.1, 0.15) is 40.8 Å². The lowest BCUT2D eigenvalue weighted by Gasteiger charge is -2.15. The molecule has 0 N–H and O–H groups in total. The normalized spacial score (nSPS) is 18.8. The molecule has 1 aliphatic carbocycles. The monoisotopic (exact) mass is 426 g/mol. The fourth-order valence-electron chi connectivity index (χ4n) is 4.28. The first-order chi connectivity index (χ1) is 14.0. The average molecular weight is 427 g/mol. The van der Waals surface area contributed by atoms with Crippen molar-refractivity contribution in [2.45, 2.75) is 56.4 Å². The highest BCUT2D eigenvalue weighted by atomic mass is 32.2. The number of cyclic esters (lactones) is 1. The molecule has 1 aliphatic heterocycles. The minimum atomic E-state index is -0.314. The van der Waals surface area contributed by atoms with Crippen LogP contribution in [0.25, 0.3) is 15.9 Å². The Morgan fingerprint density at radius 1 is 1.14 bits per heavy atom. The summed E-state index contributed by atoms with van der Waals surface area (Å²) < 4.78 is 6.84. The van der Waals surface area contributed by atoms with Crippen LogP contribution >= 0.6 is 23.1 Å². The van der Waals surface area contributed by atoms with Gasteiger partial charge in [0, 0.05) is 11.3 Å². The Kier molecular flexibility index (Phi) is 4.75. The molecule has 1 aromatic carbocycles. The van der Waals surface area contributed by atoms with Gasteiger partial charge in [-0.25, -0.2) is 4.98 Å². The number of thiophene rings is 1. The van der Waals surface area contributed by atoms with Gasteiger partial charge in [0.2, 0.25) is 0 Å². The summed E-state index contributed by atoms with van der Waals surface area (Å²) in [6, 6.07) is 6.11. The topological polar surface area (TPSA) is 61.2 Å². The number of carbonyl (C=O) groups excluding carboxylic acids is 1. The van der Waals surface area contributed by atoms with Crippen LogP contribution in [0.5, 0.6) is 0 Å². The second kappa shape index (κ2) is 7.29. The van der Waals surface area contributed by atoms with Gasteiger partial charge < -0.3 is 4.74 Å². The molecule has 1 fully saturated rings. The Labute approximate surface area is 177 Å². The van der Waals surface area contributed by atoms with E-state index in [4.69, 9.17) is 9.72 Å². The lowest BCUT2D eigenvalue weighted by molar-refractivity contribution is -0.137. The van der Waals surface area contributed by atoms with Gasteiger partial charge in [0.25, 0.3) is 5.56 Å². The van der Waals surface area contributed by atoms with Crippen LogP contribution in [0.2, 0.25) is 0 Å². The molecule has 1 saturated heterocycles. The second-order valence-corrected chi connectivity index (χ2v) is 10.1. The summed E-state index contributed by atoms with van der Waals surface area (Å²) in [4.78, 5) is 32.9. The highest BCUT2D eigenvalue weighted by molar-refractivity contribution is 8.00. The standard InChI is InChI=1S/C22H22N2O3S2/c1-12-9-13(2)11-14(10-12)24-20(25)18-15-5-3-4-6-16(15)28-19(18)23-22(24)29-17-7-8-27-21(17)26/h9-11,17H,3-8H2,1-2H3/t17-/m0/s1. The molecule has 1 atom stereocenters. The summed E-state index contributed by atoms with van der Waals surface area (Å²) in [6.07, 6.45) is 4.90. The number of ether oxygens (including phenoxy) is 1. The molecule has 0 spiro atoms. The zero-order valence-corrected chi connectivity index (χ0v) is 18.1. The number of benzene rings is 1. The molecule has 3 aromatic rings. The number of hydrogen-bond acceptors (Lipinski definition) is 6. The van der Waals surface area contributed by atoms with E-state index in [1.165, 1.54) is 28.6 Å². The summed E-state index contributed by atoms with van der Waals surface area (Å²) in [5.74, 6) is -0.221. The van der Waals surface area contributed by atoms with E-state index in [9.17, 15) is 9.59 Å². The maximum Gasteiger partial charge on any atom is 0.319 e. The summed E-state index contributed by atoms with van der Waals surface area (Å²) in [5.41, 5.74) is 4.16. The Morgan fingerprint density at radius 2 is 1.90 bits per heavy atom. The third-order valence-electron chi connectivity index (χ3n) is 5.56. The number of esters is 1. The Bertz CT molecular complexity index is 1170. The number of fused-ring (bicyclic) bond motifs is 3. The van der Waals surface area contributed by atoms with E-state index in [0.717, 1.165) is 46.3 Å². The molecule has 0 amide bonds. The van der Waals surface area contributed by atoms with Gasteiger partial charge in [-0.05, 0) is 68.4 Å². The van der Waals surface area contributed by atoms with Crippen molar-refractivity contribution < 1.29 is 9.53 Å². The molecule has 3 heterocycles. The van der Waals surface area contributed by atoms with Crippen molar-refractivity contribution in [1.82, 2.24) is 9.55 Å². The summed E-state index contributed by atoms with van der Waals surface area (Å²) in [7, 11) is 0. The maximum absolute atomic E-state index is 13.8. The maximum atomic E-state index is 13.8. The number of rotatable bonds is 3. The predicted octanol–water partition coefficient (Wildman–Crippen LogP) is 4.35. The smallest absolute Gasteiger partial charge is 0.319 e. The fourth-order valence-corrected chi connectivity index (χ4v) is 6.66. The van der Waals surface area contributed by atoms with Crippen molar-refractivity contribution in [2.75, 3.05) is 6.61 Å². The molecule has 0 radical (unpaired) electrons. The number of carbonyl (C=O) groups is 1. The molecule has 0 unspecified atom stereocenters. The van der Waals surface area contributed by atoms with Crippen LogP contribution in [0.15, 0.2) is 28.2 Å². The Hall–Kier alpha value is -2.12. The molecule has 5 rings (SSSR count). The zero-order valence-electron chi connectivity index (χ0n) is 16.5. The lowest BCUT2D eigenvalue weighted by Crippen LogP contribution is -2.24. The minimum Gasteiger partial charge on any atom is -0.465 e. The van der Waals surface area contributed by atoms with Gasteiger partial charge in [0.1, 0.15) is 10.1 Å². The van der Waals surface area contributed by atoms with Gasteiger partial charge in [-0.2, -0.15) is 0 Å². The van der Waals surface area contributed by atoms with Crippen molar-refractivity contribution in [1.29, 1.82) is 0 Å². The van der Waals surface area contributed by atoms with Crippen LogP contribution < -0.4 is 5.56 Å². The summed E-state index contributed by atoms with van der Waals surface area (Å²) >= 11 is 2.99. The SMILES string of the molecule is Cc1cc(C)cc(-n2c(S[C@H]3CCOC3=O)nc3sc4c(c3c2=O)CCCC4)c1. The highest BCUT2D eigenvalue weighted by Crippen LogP contribution is 2.37. The first-order valence-electron chi connectivity index (χ1n) is 10.0. The van der Waals surface area contributed by atoms with Crippen molar-refractivity contribution >= 4 is 39.3 Å². The zero-order chi connectivity index (χ0) is 20.1. The van der Waals surface area contributed by atoms with E-state index in [1.54, 1.807) is 15.9 Å². The van der Waals surface area contributed by atoms with Crippen LogP contribution in [0.4, 0.5) is 0 Å². The molecule has 2 aromatic heterocycles. The highest BCUT2D eigenvalue weighted by Gasteiger charge is 2.31. The van der Waals surface area contributed by atoms with E-state index in [1.807, 2.05) is 26.0 Å². The largest absolute Gasteiger partial charge is 0.465 e. The van der Waals surface area contributed by atoms with Crippen molar-refractivity contribution in [3.63, 3.8) is 0 Å². The third-order valence-corrected chi connectivity index (χ3v) is 7.94. The minimum absolute atomic E-state index is 0.0201. The molecule has 0 saturated carbocycles. The first kappa shape index (κ1) is 18.9.